The zero-order chi connectivity index (χ0) is 22.6. The molecule has 5 rings (SSSR count). The van der Waals surface area contributed by atoms with Gasteiger partial charge in [-0.3, -0.25) is 0 Å². The number of fused-ring (bicyclic) bond motifs is 1. The second-order valence-electron chi connectivity index (χ2n) is 8.44. The van der Waals surface area contributed by atoms with Gasteiger partial charge in [-0.15, -0.1) is 0 Å². The van der Waals surface area contributed by atoms with Gasteiger partial charge in [-0.05, 0) is 56.5 Å². The van der Waals surface area contributed by atoms with Crippen LogP contribution in [0.1, 0.15) is 31.7 Å². The van der Waals surface area contributed by atoms with Crippen molar-refractivity contribution in [3.8, 4) is 0 Å². The summed E-state index contributed by atoms with van der Waals surface area (Å²) in [6, 6.07) is 6.71. The minimum atomic E-state index is 0.290. The van der Waals surface area contributed by atoms with Crippen LogP contribution in [0.5, 0.6) is 0 Å². The van der Waals surface area contributed by atoms with Gasteiger partial charge in [0.05, 0.1) is 31.9 Å². The molecule has 0 amide bonds. The van der Waals surface area contributed by atoms with E-state index in [0.29, 0.717) is 18.2 Å². The van der Waals surface area contributed by atoms with Gasteiger partial charge in [-0.25, -0.2) is 4.98 Å². The van der Waals surface area contributed by atoms with Gasteiger partial charge >= 0.3 is 0 Å². The van der Waals surface area contributed by atoms with E-state index in [1.807, 2.05) is 6.92 Å². The number of aromatic amines is 1. The topological polar surface area (TPSA) is 100 Å². The lowest BCUT2D eigenvalue weighted by Crippen LogP contribution is -2.36. The number of hydrogen-bond donors (Lipinski definition) is 3. The minimum absolute atomic E-state index is 0.290. The van der Waals surface area contributed by atoms with Gasteiger partial charge < -0.3 is 30.0 Å². The zero-order valence-corrected chi connectivity index (χ0v) is 19.2. The lowest BCUT2D eigenvalue weighted by atomic mass is 10.0. The van der Waals surface area contributed by atoms with E-state index in [1.54, 1.807) is 6.33 Å². The Labute approximate surface area is 193 Å². The van der Waals surface area contributed by atoms with Crippen molar-refractivity contribution in [2.75, 3.05) is 48.4 Å². The van der Waals surface area contributed by atoms with Crippen LogP contribution in [0.25, 0.3) is 11.2 Å². The molecule has 2 aliphatic rings. The third-order valence-corrected chi connectivity index (χ3v) is 6.16. The number of H-pyrrole nitrogens is 1. The highest BCUT2D eigenvalue weighted by Crippen LogP contribution is 2.28. The summed E-state index contributed by atoms with van der Waals surface area (Å²) < 4.78 is 11.1. The van der Waals surface area contributed by atoms with Gasteiger partial charge in [-0.2, -0.15) is 9.97 Å². The smallest absolute Gasteiger partial charge is 0.231 e. The van der Waals surface area contributed by atoms with Crippen LogP contribution in [0.3, 0.4) is 0 Å². The summed E-state index contributed by atoms with van der Waals surface area (Å²) in [7, 11) is 0. The van der Waals surface area contributed by atoms with Crippen LogP contribution >= 0.6 is 0 Å². The van der Waals surface area contributed by atoms with Crippen LogP contribution in [0.2, 0.25) is 0 Å². The van der Waals surface area contributed by atoms with Crippen LogP contribution in [-0.4, -0.2) is 58.9 Å². The average molecular weight is 450 g/mol. The molecule has 1 aliphatic heterocycles. The summed E-state index contributed by atoms with van der Waals surface area (Å²) in [6.45, 7) is 8.22. The number of hydrogen-bond acceptors (Lipinski definition) is 8. The zero-order valence-electron chi connectivity index (χ0n) is 19.2. The largest absolute Gasteiger partial charge is 0.499 e. The first-order valence-electron chi connectivity index (χ1n) is 11.7. The first kappa shape index (κ1) is 21.5. The number of imidazole rings is 1. The quantitative estimate of drug-likeness (QED) is 0.495. The second kappa shape index (κ2) is 9.66. The number of aryl methyl sites for hydroxylation is 1. The number of allylic oxidation sites excluding steroid dienone is 1. The van der Waals surface area contributed by atoms with Crippen molar-refractivity contribution < 1.29 is 9.47 Å². The number of aromatic nitrogens is 4. The molecule has 3 heterocycles. The van der Waals surface area contributed by atoms with E-state index in [-0.39, 0.29) is 6.04 Å². The number of ether oxygens (including phenoxy) is 2. The van der Waals surface area contributed by atoms with Crippen molar-refractivity contribution in [2.24, 2.45) is 0 Å². The van der Waals surface area contributed by atoms with Gasteiger partial charge in [0.15, 0.2) is 11.5 Å². The van der Waals surface area contributed by atoms with Gasteiger partial charge in [0.25, 0.3) is 0 Å². The van der Waals surface area contributed by atoms with Gasteiger partial charge in [-0.1, -0.05) is 0 Å². The molecular weight excluding hydrogens is 418 g/mol. The van der Waals surface area contributed by atoms with Crippen molar-refractivity contribution in [1.29, 1.82) is 0 Å². The lowest BCUT2D eigenvalue weighted by molar-refractivity contribution is 0.122. The fourth-order valence-electron chi connectivity index (χ4n) is 4.37. The normalized spacial score (nSPS) is 18.8. The predicted octanol–water partition coefficient (Wildman–Crippen LogP) is 4.13. The molecule has 2 aromatic heterocycles. The lowest BCUT2D eigenvalue weighted by Gasteiger charge is -2.29. The number of rotatable bonds is 7. The van der Waals surface area contributed by atoms with E-state index in [4.69, 9.17) is 14.5 Å². The molecule has 0 saturated carbocycles. The van der Waals surface area contributed by atoms with Crippen LogP contribution < -0.4 is 15.5 Å². The average Bonchev–Trinajstić information content (AvgIpc) is 3.31. The summed E-state index contributed by atoms with van der Waals surface area (Å²) in [6.07, 6.45) is 6.66. The number of benzene rings is 1. The predicted molar refractivity (Wildman–Crippen MR) is 130 cm³/mol. The Bertz CT molecular complexity index is 1140. The maximum atomic E-state index is 5.66. The molecule has 3 aromatic rings. The fraction of sp³-hybridized carbons (Fsp3) is 0.458. The highest BCUT2D eigenvalue weighted by Gasteiger charge is 2.19. The summed E-state index contributed by atoms with van der Waals surface area (Å²) in [5.41, 5.74) is 4.79. The molecule has 33 heavy (non-hydrogen) atoms. The van der Waals surface area contributed by atoms with Crippen molar-refractivity contribution in [3.05, 3.63) is 41.9 Å². The van der Waals surface area contributed by atoms with Crippen LogP contribution in [0.15, 0.2) is 36.4 Å². The fourth-order valence-corrected chi connectivity index (χ4v) is 4.37. The Kier molecular flexibility index (Phi) is 6.30. The van der Waals surface area contributed by atoms with Crippen LogP contribution in [0.4, 0.5) is 23.1 Å². The second-order valence-corrected chi connectivity index (χ2v) is 8.44. The van der Waals surface area contributed by atoms with Gasteiger partial charge in [0.1, 0.15) is 5.52 Å². The summed E-state index contributed by atoms with van der Waals surface area (Å²) >= 11 is 0. The maximum Gasteiger partial charge on any atom is 0.231 e. The minimum Gasteiger partial charge on any atom is -0.499 e. The van der Waals surface area contributed by atoms with Gasteiger partial charge in [0.2, 0.25) is 5.95 Å². The first-order chi connectivity index (χ1) is 16.2. The van der Waals surface area contributed by atoms with Crippen molar-refractivity contribution >= 4 is 34.3 Å². The van der Waals surface area contributed by atoms with E-state index < -0.39 is 0 Å². The molecule has 0 radical (unpaired) electrons. The van der Waals surface area contributed by atoms with Crippen LogP contribution in [0, 0.1) is 6.92 Å². The Morgan fingerprint density at radius 2 is 2.12 bits per heavy atom. The van der Waals surface area contributed by atoms with Gasteiger partial charge in [0, 0.05) is 36.9 Å². The molecule has 1 aliphatic carbocycles. The number of nitrogens with one attached hydrogen (secondary N) is 3. The van der Waals surface area contributed by atoms with Crippen molar-refractivity contribution in [2.45, 2.75) is 39.2 Å². The van der Waals surface area contributed by atoms with E-state index in [0.717, 1.165) is 73.9 Å². The molecule has 1 atom stereocenters. The van der Waals surface area contributed by atoms with Crippen molar-refractivity contribution in [1.82, 2.24) is 19.9 Å². The Balaban J connectivity index is 1.34. The molecule has 9 heteroatoms. The highest BCUT2D eigenvalue weighted by molar-refractivity contribution is 5.84. The number of morpholine rings is 1. The van der Waals surface area contributed by atoms with Crippen molar-refractivity contribution in [3.63, 3.8) is 0 Å². The monoisotopic (exact) mass is 449 g/mol. The van der Waals surface area contributed by atoms with Crippen LogP contribution in [-0.2, 0) is 9.47 Å². The first-order valence-corrected chi connectivity index (χ1v) is 11.7. The van der Waals surface area contributed by atoms with E-state index in [2.05, 4.69) is 61.7 Å². The molecule has 1 saturated heterocycles. The molecule has 1 aromatic carbocycles. The van der Waals surface area contributed by atoms with E-state index >= 15 is 0 Å². The number of anilines is 4. The third-order valence-electron chi connectivity index (χ3n) is 6.16. The standard InChI is InChI=1S/C24H31N7O2/c1-3-33-19-7-4-17(5-8-19)27-23-21-22(26-15-25-21)29-24(30-23)28-20-9-6-18(14-16(20)2)31-10-12-32-13-11-31/h6-7,9,14-15,17H,3-5,8,10-13H2,1-2H3,(H3,25,26,27,28,29,30). The molecule has 1 fully saturated rings. The van der Waals surface area contributed by atoms with E-state index in [1.165, 1.54) is 5.69 Å². The molecule has 9 nitrogen and oxygen atoms in total. The molecule has 3 N–H and O–H groups in total. The highest BCUT2D eigenvalue weighted by atomic mass is 16.5. The summed E-state index contributed by atoms with van der Waals surface area (Å²) in [5.74, 6) is 2.38. The Hall–Kier alpha value is -3.33. The molecule has 174 valence electrons. The Morgan fingerprint density at radius 1 is 1.24 bits per heavy atom. The Morgan fingerprint density at radius 3 is 2.88 bits per heavy atom. The molecule has 0 spiro atoms. The maximum absolute atomic E-state index is 5.66. The molecule has 0 bridgehead atoms. The molecular formula is C24H31N7O2. The van der Waals surface area contributed by atoms with E-state index in [9.17, 15) is 0 Å². The number of nitrogens with zero attached hydrogens (tertiary/aromatic N) is 4. The SMILES string of the molecule is CCOC1=CCC(Nc2nc(Nc3ccc(N4CCOCC4)cc3C)nc3nc[nH]c23)CC1. The summed E-state index contributed by atoms with van der Waals surface area (Å²) in [4.78, 5) is 19.3. The third kappa shape index (κ3) is 4.88. The summed E-state index contributed by atoms with van der Waals surface area (Å²) in [5, 5.41) is 6.98. The molecule has 1 unspecified atom stereocenters.